The van der Waals surface area contributed by atoms with Gasteiger partial charge in [-0.15, -0.1) is 13.2 Å². The first kappa shape index (κ1) is 30.2. The smallest absolute Gasteiger partial charge is 0.406 e. The lowest BCUT2D eigenvalue weighted by molar-refractivity contribution is -0.274. The highest BCUT2D eigenvalue weighted by Gasteiger charge is 2.31. The maximum absolute atomic E-state index is 12.5. The lowest BCUT2D eigenvalue weighted by Crippen LogP contribution is -2.24. The van der Waals surface area contributed by atoms with Crippen molar-refractivity contribution in [3.8, 4) is 5.75 Å². The minimum absolute atomic E-state index is 0.141. The Morgan fingerprint density at radius 2 is 1.61 bits per heavy atom. The summed E-state index contributed by atoms with van der Waals surface area (Å²) in [7, 11) is 0. The summed E-state index contributed by atoms with van der Waals surface area (Å²) in [5.41, 5.74) is 10.1. The van der Waals surface area contributed by atoms with Gasteiger partial charge in [0.1, 0.15) is 5.75 Å². The summed E-state index contributed by atoms with van der Waals surface area (Å²) >= 11 is 3.47. The summed E-state index contributed by atoms with van der Waals surface area (Å²) < 4.78 is 42.1. The largest absolute Gasteiger partial charge is 0.573 e. The van der Waals surface area contributed by atoms with Crippen molar-refractivity contribution in [2.24, 2.45) is 0 Å². The average Bonchev–Trinajstić information content (AvgIpc) is 2.82. The second kappa shape index (κ2) is 15.9. The Balaban J connectivity index is 1.74. The first-order valence-electron chi connectivity index (χ1n) is 12.8. The molecule has 0 aliphatic heterocycles. The van der Waals surface area contributed by atoms with E-state index < -0.39 is 12.4 Å². The van der Waals surface area contributed by atoms with Gasteiger partial charge in [-0.2, -0.15) is 0 Å². The van der Waals surface area contributed by atoms with Crippen LogP contribution in [-0.4, -0.2) is 18.8 Å². The van der Waals surface area contributed by atoms with E-state index in [-0.39, 0.29) is 18.1 Å². The van der Waals surface area contributed by atoms with Crippen LogP contribution in [0, 0.1) is 0 Å². The molecule has 0 heterocycles. The number of alkyl halides is 3. The number of hydrogen-bond acceptors (Lipinski definition) is 2. The van der Waals surface area contributed by atoms with Gasteiger partial charge in [-0.25, -0.2) is 5.73 Å². The quantitative estimate of drug-likeness (QED) is 0.206. The summed E-state index contributed by atoms with van der Waals surface area (Å²) in [6.07, 6.45) is 7.93. The number of rotatable bonds is 16. The van der Waals surface area contributed by atoms with E-state index >= 15 is 0 Å². The molecule has 0 aromatic heterocycles. The van der Waals surface area contributed by atoms with Crippen LogP contribution in [0.25, 0.3) is 0 Å². The molecule has 1 atom stereocenters. The molecule has 0 spiro atoms. The summed E-state index contributed by atoms with van der Waals surface area (Å²) in [5, 5.41) is 2.96. The van der Waals surface area contributed by atoms with Crippen LogP contribution in [0.15, 0.2) is 46.9 Å². The van der Waals surface area contributed by atoms with Gasteiger partial charge in [-0.05, 0) is 48.2 Å². The lowest BCUT2D eigenvalue weighted by atomic mass is 9.98. The van der Waals surface area contributed by atoms with E-state index in [0.717, 1.165) is 18.4 Å². The fourth-order valence-electron chi connectivity index (χ4n) is 4.04. The molecule has 2 N–H and O–H groups in total. The number of halogens is 4. The van der Waals surface area contributed by atoms with E-state index in [2.05, 4.69) is 32.9 Å². The van der Waals surface area contributed by atoms with Crippen LogP contribution in [0.1, 0.15) is 98.7 Å². The molecule has 0 bridgehead atoms. The lowest BCUT2D eigenvalue weighted by Gasteiger charge is -2.15. The molecule has 2 aromatic rings. The van der Waals surface area contributed by atoms with E-state index in [1.54, 1.807) is 24.3 Å². The fraction of sp³-hybridized carbons (Fsp3) is 0.536. The minimum Gasteiger partial charge on any atom is -0.406 e. The Bertz CT molecular complexity index is 937. The number of carbonyl (C=O) groups excluding carboxylic acids is 1. The maximum Gasteiger partial charge on any atom is 0.573 e. The van der Waals surface area contributed by atoms with Gasteiger partial charge < -0.3 is 10.1 Å². The topological polar surface area (TPSA) is 62.1 Å². The highest BCUT2D eigenvalue weighted by atomic mass is 79.9. The van der Waals surface area contributed by atoms with Crippen LogP contribution >= 0.6 is 15.9 Å². The van der Waals surface area contributed by atoms with E-state index in [1.165, 1.54) is 69.6 Å². The zero-order chi connectivity index (χ0) is 26.4. The molecule has 36 heavy (non-hydrogen) atoms. The van der Waals surface area contributed by atoms with E-state index in [1.807, 2.05) is 0 Å². The van der Waals surface area contributed by atoms with Gasteiger partial charge in [0.25, 0.3) is 5.91 Å². The number of hydrogen-bond donors (Lipinski definition) is 1. The Labute approximate surface area is 221 Å². The molecule has 0 saturated heterocycles. The molecule has 2 rings (SSSR count). The van der Waals surface area contributed by atoms with Gasteiger partial charge in [0.2, 0.25) is 0 Å². The Hall–Kier alpha value is -2.06. The van der Waals surface area contributed by atoms with Crippen molar-refractivity contribution >= 4 is 21.8 Å². The number of nitrogens with one attached hydrogen (secondary N) is 2. The predicted octanol–water partition coefficient (Wildman–Crippen LogP) is 8.57. The molecule has 199 valence electrons. The van der Waals surface area contributed by atoms with Crippen molar-refractivity contribution in [1.29, 1.82) is 0 Å². The molecule has 2 aromatic carbocycles. The zero-order valence-corrected chi connectivity index (χ0v) is 22.5. The van der Waals surface area contributed by atoms with Gasteiger partial charge in [-0.1, -0.05) is 98.8 Å². The van der Waals surface area contributed by atoms with Crippen molar-refractivity contribution in [3.05, 3.63) is 63.6 Å². The van der Waals surface area contributed by atoms with Crippen molar-refractivity contribution in [2.45, 2.75) is 90.0 Å². The first-order chi connectivity index (χ1) is 17.2. The monoisotopic (exact) mass is 569 g/mol. The molecule has 4 nitrogen and oxygen atoms in total. The third-order valence-corrected chi connectivity index (χ3v) is 6.79. The molecular formula is C28H37BrF3N2O2. The first-order valence-corrected chi connectivity index (χ1v) is 13.6. The standard InChI is InChI=1S/C28H37BrF3N2O2/c1-2-3-4-5-6-7-8-9-10-11-17-34-27(35)23-16-15-21(25(29)19-23)20-26(33)22-13-12-14-24(18-22)36-28(30,31)32/h12-16,18-19,26,33H,2-11,17,20H2,1H3,(H,34,35). The van der Waals surface area contributed by atoms with Crippen LogP contribution in [-0.2, 0) is 6.42 Å². The highest BCUT2D eigenvalue weighted by Crippen LogP contribution is 2.28. The highest BCUT2D eigenvalue weighted by molar-refractivity contribution is 9.10. The normalized spacial score (nSPS) is 12.4. The number of unbranched alkanes of at least 4 members (excludes halogenated alkanes) is 9. The second-order valence-corrected chi connectivity index (χ2v) is 9.98. The Morgan fingerprint density at radius 3 is 2.22 bits per heavy atom. The molecule has 1 amide bonds. The van der Waals surface area contributed by atoms with Crippen molar-refractivity contribution in [2.75, 3.05) is 6.54 Å². The SMILES string of the molecule is CCCCCCCCCCCCNC(=O)c1ccc(CC([NH])c2cccc(OC(F)(F)F)c2)c(Br)c1. The van der Waals surface area contributed by atoms with Crippen LogP contribution in [0.4, 0.5) is 13.2 Å². The summed E-state index contributed by atoms with van der Waals surface area (Å²) in [6, 6.07) is 9.91. The van der Waals surface area contributed by atoms with Gasteiger partial charge >= 0.3 is 6.36 Å². The van der Waals surface area contributed by atoms with Crippen molar-refractivity contribution in [1.82, 2.24) is 11.1 Å². The van der Waals surface area contributed by atoms with Crippen molar-refractivity contribution in [3.63, 3.8) is 0 Å². The van der Waals surface area contributed by atoms with Crippen LogP contribution in [0.3, 0.4) is 0 Å². The van der Waals surface area contributed by atoms with Crippen molar-refractivity contribution < 1.29 is 22.7 Å². The Kier molecular flexibility index (Phi) is 13.3. The number of amides is 1. The van der Waals surface area contributed by atoms with E-state index in [0.29, 0.717) is 22.1 Å². The summed E-state index contributed by atoms with van der Waals surface area (Å²) in [6.45, 7) is 2.87. The van der Waals surface area contributed by atoms with Crippen LogP contribution in [0.2, 0.25) is 0 Å². The average molecular weight is 571 g/mol. The summed E-state index contributed by atoms with van der Waals surface area (Å²) in [5.74, 6) is -0.483. The second-order valence-electron chi connectivity index (χ2n) is 9.12. The number of benzene rings is 2. The fourth-order valence-corrected chi connectivity index (χ4v) is 4.58. The molecule has 8 heteroatoms. The van der Waals surface area contributed by atoms with Gasteiger partial charge in [0, 0.05) is 16.6 Å². The number of carbonyl (C=O) groups is 1. The van der Waals surface area contributed by atoms with Crippen LogP contribution < -0.4 is 15.8 Å². The minimum atomic E-state index is -4.77. The molecule has 0 saturated carbocycles. The molecule has 0 fully saturated rings. The predicted molar refractivity (Wildman–Crippen MR) is 141 cm³/mol. The summed E-state index contributed by atoms with van der Waals surface area (Å²) in [4.78, 5) is 12.5. The van der Waals surface area contributed by atoms with Gasteiger partial charge in [0.15, 0.2) is 0 Å². The van der Waals surface area contributed by atoms with Gasteiger partial charge in [-0.3, -0.25) is 4.79 Å². The van der Waals surface area contributed by atoms with Gasteiger partial charge in [0.05, 0.1) is 6.04 Å². The molecule has 1 radical (unpaired) electrons. The van der Waals surface area contributed by atoms with Crippen LogP contribution in [0.5, 0.6) is 5.75 Å². The molecule has 0 aliphatic rings. The van der Waals surface area contributed by atoms with E-state index in [4.69, 9.17) is 5.73 Å². The molecular weight excluding hydrogens is 533 g/mol. The third-order valence-electron chi connectivity index (χ3n) is 6.05. The zero-order valence-electron chi connectivity index (χ0n) is 20.9. The Morgan fingerprint density at radius 1 is 0.972 bits per heavy atom. The molecule has 0 aliphatic carbocycles. The number of ether oxygens (including phenoxy) is 1. The maximum atomic E-state index is 12.5. The van der Waals surface area contributed by atoms with E-state index in [9.17, 15) is 18.0 Å². The molecule has 1 unspecified atom stereocenters. The third kappa shape index (κ3) is 11.8.